The molecule has 0 N–H and O–H groups in total. The van der Waals surface area contributed by atoms with Gasteiger partial charge in [-0.15, -0.1) is 0 Å². The molecule has 7 heteroatoms. The molecule has 0 aromatic carbocycles. The topological polar surface area (TPSA) is 85.3 Å². The van der Waals surface area contributed by atoms with Gasteiger partial charge in [0, 0.05) is 31.8 Å². The van der Waals surface area contributed by atoms with Crippen LogP contribution in [0.25, 0.3) is 0 Å². The van der Waals surface area contributed by atoms with E-state index in [0.717, 1.165) is 19.4 Å². The first-order valence-corrected chi connectivity index (χ1v) is 8.03. The number of carbonyl (C=O) groups excluding carboxylic acids is 1. The molecule has 124 valence electrons. The van der Waals surface area contributed by atoms with Crippen LogP contribution in [-0.4, -0.2) is 39.2 Å². The number of aromatic nitrogens is 3. The summed E-state index contributed by atoms with van der Waals surface area (Å²) >= 11 is 0. The summed E-state index contributed by atoms with van der Waals surface area (Å²) in [5.41, 5.74) is 1.25. The van der Waals surface area contributed by atoms with Gasteiger partial charge >= 0.3 is 0 Å². The number of rotatable bonds is 3. The lowest BCUT2D eigenvalue weighted by Crippen LogP contribution is -2.39. The minimum Gasteiger partial charge on any atom is -0.360 e. The lowest BCUT2D eigenvalue weighted by molar-refractivity contribution is 0.0700. The maximum atomic E-state index is 13.0. The minimum absolute atomic E-state index is 0.0163. The van der Waals surface area contributed by atoms with Crippen molar-refractivity contribution < 1.29 is 13.8 Å². The first-order valence-electron chi connectivity index (χ1n) is 8.03. The van der Waals surface area contributed by atoms with Crippen molar-refractivity contribution in [2.24, 2.45) is 0 Å². The number of amides is 1. The molecule has 0 saturated carbocycles. The predicted octanol–water partition coefficient (Wildman–Crippen LogP) is 2.82. The van der Waals surface area contributed by atoms with Gasteiger partial charge < -0.3 is 13.9 Å². The molecule has 0 bridgehead atoms. The summed E-state index contributed by atoms with van der Waals surface area (Å²) < 4.78 is 10.4. The smallest absolute Gasteiger partial charge is 0.259 e. The highest BCUT2D eigenvalue weighted by Crippen LogP contribution is 2.29. The lowest BCUT2D eigenvalue weighted by atomic mass is 9.96. The van der Waals surface area contributed by atoms with Crippen LogP contribution in [0.4, 0.5) is 0 Å². The first kappa shape index (κ1) is 15.7. The van der Waals surface area contributed by atoms with Crippen LogP contribution in [0, 0.1) is 13.8 Å². The van der Waals surface area contributed by atoms with Gasteiger partial charge in [0.2, 0.25) is 5.89 Å². The molecule has 2 aromatic heterocycles. The van der Waals surface area contributed by atoms with Gasteiger partial charge in [-0.05, 0) is 19.8 Å². The largest absolute Gasteiger partial charge is 0.360 e. The van der Waals surface area contributed by atoms with E-state index in [9.17, 15) is 4.79 Å². The van der Waals surface area contributed by atoms with Crippen molar-refractivity contribution in [2.75, 3.05) is 13.1 Å². The second-order valence-electron chi connectivity index (χ2n) is 6.42. The third-order valence-electron chi connectivity index (χ3n) is 4.24. The molecule has 1 saturated heterocycles. The Labute approximate surface area is 135 Å². The van der Waals surface area contributed by atoms with Gasteiger partial charge in [-0.2, -0.15) is 4.98 Å². The third-order valence-corrected chi connectivity index (χ3v) is 4.24. The van der Waals surface area contributed by atoms with Crippen molar-refractivity contribution >= 4 is 5.91 Å². The SMILES string of the molecule is Cc1nc([C@@H]2CCCN(C(=O)c3c(C)noc3C(C)C)C2)no1. The molecule has 0 aliphatic carbocycles. The van der Waals surface area contributed by atoms with E-state index in [0.29, 0.717) is 35.3 Å². The van der Waals surface area contributed by atoms with Crippen molar-refractivity contribution in [2.45, 2.75) is 52.4 Å². The minimum atomic E-state index is -0.0163. The average molecular weight is 318 g/mol. The quantitative estimate of drug-likeness (QED) is 0.865. The normalized spacial score (nSPS) is 18.7. The molecule has 1 fully saturated rings. The zero-order chi connectivity index (χ0) is 16.6. The molecular weight excluding hydrogens is 296 g/mol. The van der Waals surface area contributed by atoms with Gasteiger partial charge in [0.05, 0.1) is 5.69 Å². The second kappa shape index (κ2) is 6.14. The maximum Gasteiger partial charge on any atom is 0.259 e. The first-order chi connectivity index (χ1) is 11.0. The summed E-state index contributed by atoms with van der Waals surface area (Å²) in [4.78, 5) is 19.1. The van der Waals surface area contributed by atoms with E-state index >= 15 is 0 Å². The highest BCUT2D eigenvalue weighted by atomic mass is 16.5. The molecule has 0 unspecified atom stereocenters. The van der Waals surface area contributed by atoms with Crippen LogP contribution in [0.5, 0.6) is 0 Å². The van der Waals surface area contributed by atoms with Crippen LogP contribution in [-0.2, 0) is 0 Å². The molecule has 23 heavy (non-hydrogen) atoms. The molecule has 1 aliphatic rings. The van der Waals surface area contributed by atoms with E-state index in [2.05, 4.69) is 15.3 Å². The lowest BCUT2D eigenvalue weighted by Gasteiger charge is -2.31. The molecule has 3 heterocycles. The van der Waals surface area contributed by atoms with E-state index in [1.807, 2.05) is 25.7 Å². The van der Waals surface area contributed by atoms with Gasteiger partial charge in [-0.3, -0.25) is 4.79 Å². The number of piperidine rings is 1. The van der Waals surface area contributed by atoms with Crippen LogP contribution in [0.2, 0.25) is 0 Å². The van der Waals surface area contributed by atoms with E-state index in [-0.39, 0.29) is 17.7 Å². The molecule has 2 aromatic rings. The Balaban J connectivity index is 1.81. The van der Waals surface area contributed by atoms with Crippen molar-refractivity contribution in [1.29, 1.82) is 0 Å². The summed E-state index contributed by atoms with van der Waals surface area (Å²) in [7, 11) is 0. The predicted molar refractivity (Wildman–Crippen MR) is 82.2 cm³/mol. The monoisotopic (exact) mass is 318 g/mol. The van der Waals surface area contributed by atoms with Crippen LogP contribution in [0.1, 0.15) is 72.1 Å². The van der Waals surface area contributed by atoms with Gasteiger partial charge in [0.1, 0.15) is 5.56 Å². The fraction of sp³-hybridized carbons (Fsp3) is 0.625. The molecular formula is C16H22N4O3. The van der Waals surface area contributed by atoms with Crippen molar-refractivity contribution in [1.82, 2.24) is 20.2 Å². The fourth-order valence-electron chi connectivity index (χ4n) is 3.05. The molecule has 3 rings (SSSR count). The molecule has 1 atom stereocenters. The summed E-state index contributed by atoms with van der Waals surface area (Å²) in [5, 5.41) is 7.98. The van der Waals surface area contributed by atoms with E-state index in [1.165, 1.54) is 0 Å². The summed E-state index contributed by atoms with van der Waals surface area (Å²) in [6, 6.07) is 0. The summed E-state index contributed by atoms with van der Waals surface area (Å²) in [5.74, 6) is 2.12. The van der Waals surface area contributed by atoms with E-state index < -0.39 is 0 Å². The zero-order valence-corrected chi connectivity index (χ0v) is 14.0. The number of hydrogen-bond donors (Lipinski definition) is 0. The molecule has 0 spiro atoms. The number of hydrogen-bond acceptors (Lipinski definition) is 6. The highest BCUT2D eigenvalue weighted by Gasteiger charge is 2.32. The number of likely N-dealkylation sites (tertiary alicyclic amines) is 1. The number of carbonyl (C=O) groups is 1. The second-order valence-corrected chi connectivity index (χ2v) is 6.42. The highest BCUT2D eigenvalue weighted by molar-refractivity contribution is 5.96. The van der Waals surface area contributed by atoms with Crippen molar-refractivity contribution in [3.05, 3.63) is 28.7 Å². The maximum absolute atomic E-state index is 13.0. The Hall–Kier alpha value is -2.18. The van der Waals surface area contributed by atoms with Gasteiger partial charge in [0.25, 0.3) is 5.91 Å². The fourth-order valence-corrected chi connectivity index (χ4v) is 3.05. The Bertz CT molecular complexity index is 704. The van der Waals surface area contributed by atoms with E-state index in [4.69, 9.17) is 9.05 Å². The number of aryl methyl sites for hydroxylation is 2. The van der Waals surface area contributed by atoms with Crippen LogP contribution >= 0.6 is 0 Å². The van der Waals surface area contributed by atoms with Crippen LogP contribution in [0.3, 0.4) is 0 Å². The molecule has 1 amide bonds. The van der Waals surface area contributed by atoms with Crippen LogP contribution in [0.15, 0.2) is 9.05 Å². The summed E-state index contributed by atoms with van der Waals surface area (Å²) in [6.07, 6.45) is 1.88. The Morgan fingerprint density at radius 1 is 1.26 bits per heavy atom. The Morgan fingerprint density at radius 2 is 2.04 bits per heavy atom. The van der Waals surface area contributed by atoms with Gasteiger partial charge in [-0.25, -0.2) is 0 Å². The zero-order valence-electron chi connectivity index (χ0n) is 14.0. The Kier molecular flexibility index (Phi) is 4.19. The average Bonchev–Trinajstić information content (AvgIpc) is 3.13. The molecule has 1 aliphatic heterocycles. The van der Waals surface area contributed by atoms with Crippen LogP contribution < -0.4 is 0 Å². The third kappa shape index (κ3) is 3.00. The van der Waals surface area contributed by atoms with Gasteiger partial charge in [-0.1, -0.05) is 24.2 Å². The summed E-state index contributed by atoms with van der Waals surface area (Å²) in [6.45, 7) is 8.91. The molecule has 7 nitrogen and oxygen atoms in total. The molecule has 0 radical (unpaired) electrons. The Morgan fingerprint density at radius 3 is 2.70 bits per heavy atom. The van der Waals surface area contributed by atoms with Crippen molar-refractivity contribution in [3.8, 4) is 0 Å². The van der Waals surface area contributed by atoms with E-state index in [1.54, 1.807) is 6.92 Å². The van der Waals surface area contributed by atoms with Gasteiger partial charge in [0.15, 0.2) is 11.6 Å². The van der Waals surface area contributed by atoms with Crippen molar-refractivity contribution in [3.63, 3.8) is 0 Å². The number of nitrogens with zero attached hydrogens (tertiary/aromatic N) is 4. The standard InChI is InChI=1S/C16H22N4O3/c1-9(2)14-13(10(3)18-23-14)16(21)20-7-5-6-12(8-20)15-17-11(4)22-19-15/h9,12H,5-8H2,1-4H3/t12-/m1/s1.